The number of piperazine rings is 1. The highest BCUT2D eigenvalue weighted by atomic mass is 32.1. The average Bonchev–Trinajstić information content (AvgIpc) is 3.03. The molecule has 2 saturated carbocycles. The van der Waals surface area contributed by atoms with E-state index in [-0.39, 0.29) is 11.8 Å². The van der Waals surface area contributed by atoms with Crippen molar-refractivity contribution in [2.45, 2.75) is 50.1 Å². The van der Waals surface area contributed by atoms with Gasteiger partial charge < -0.3 is 10.6 Å². The Morgan fingerprint density at radius 2 is 2.00 bits per heavy atom. The van der Waals surface area contributed by atoms with Crippen LogP contribution in [0.15, 0.2) is 10.9 Å². The molecule has 4 rings (SSSR count). The predicted molar refractivity (Wildman–Crippen MR) is 74.0 cm³/mol. The minimum atomic E-state index is -0.645. The number of rotatable bonds is 1. The lowest BCUT2D eigenvalue weighted by molar-refractivity contribution is -0.152. The van der Waals surface area contributed by atoms with E-state index in [1.54, 1.807) is 5.51 Å². The van der Waals surface area contributed by atoms with E-state index in [1.165, 1.54) is 37.0 Å². The molecular weight excluding hydrogens is 274 g/mol. The second kappa shape index (κ2) is 4.04. The van der Waals surface area contributed by atoms with Crippen LogP contribution in [0.4, 0.5) is 0 Å². The highest BCUT2D eigenvalue weighted by Gasteiger charge is 2.62. The topological polar surface area (TPSA) is 71.1 Å². The van der Waals surface area contributed by atoms with Gasteiger partial charge in [-0.1, -0.05) is 12.8 Å². The molecule has 0 bridgehead atoms. The molecule has 1 unspecified atom stereocenters. The fourth-order valence-corrected chi connectivity index (χ4v) is 4.81. The van der Waals surface area contributed by atoms with Crippen LogP contribution in [0.2, 0.25) is 0 Å². The minimum Gasteiger partial charge on any atom is -0.340 e. The molecule has 1 saturated heterocycles. The summed E-state index contributed by atoms with van der Waals surface area (Å²) in [7, 11) is 0. The monoisotopic (exact) mass is 291 g/mol. The van der Waals surface area contributed by atoms with Crippen LogP contribution in [0.1, 0.15) is 50.3 Å². The van der Waals surface area contributed by atoms with Gasteiger partial charge in [-0.15, -0.1) is 11.3 Å². The number of carbonyl (C=O) groups is 2. The summed E-state index contributed by atoms with van der Waals surface area (Å²) in [6, 6.07) is -0.625. The lowest BCUT2D eigenvalue weighted by atomic mass is 9.55. The van der Waals surface area contributed by atoms with Gasteiger partial charge in [-0.05, 0) is 31.1 Å². The molecule has 0 radical (unpaired) electrons. The lowest BCUT2D eigenvalue weighted by Crippen LogP contribution is -2.73. The van der Waals surface area contributed by atoms with E-state index in [1.807, 2.05) is 5.38 Å². The summed E-state index contributed by atoms with van der Waals surface area (Å²) in [6.07, 6.45) is 6.53. The second-order valence-corrected chi connectivity index (χ2v) is 7.17. The molecule has 1 aromatic rings. The van der Waals surface area contributed by atoms with Crippen molar-refractivity contribution < 1.29 is 9.59 Å². The molecule has 20 heavy (non-hydrogen) atoms. The van der Waals surface area contributed by atoms with Crippen LogP contribution >= 0.6 is 11.3 Å². The van der Waals surface area contributed by atoms with Crippen molar-refractivity contribution in [3.8, 4) is 0 Å². The quantitative estimate of drug-likeness (QED) is 0.824. The van der Waals surface area contributed by atoms with Crippen molar-refractivity contribution in [2.24, 2.45) is 5.41 Å². The summed E-state index contributed by atoms with van der Waals surface area (Å²) >= 11 is 1.43. The SMILES string of the molecule is O=C1NC2(CC3(CCCC3)C2)C(=O)NC1c1cscn1. The minimum absolute atomic E-state index is 0.0346. The molecule has 106 valence electrons. The van der Waals surface area contributed by atoms with Gasteiger partial charge in [0.15, 0.2) is 6.04 Å². The number of aromatic nitrogens is 1. The molecule has 6 heteroatoms. The second-order valence-electron chi connectivity index (χ2n) is 6.45. The number of nitrogens with zero attached hydrogens (tertiary/aromatic N) is 1. The molecule has 1 atom stereocenters. The van der Waals surface area contributed by atoms with E-state index in [2.05, 4.69) is 15.6 Å². The molecule has 2 amide bonds. The van der Waals surface area contributed by atoms with Crippen LogP contribution < -0.4 is 10.6 Å². The van der Waals surface area contributed by atoms with Crippen molar-refractivity contribution >= 4 is 23.2 Å². The highest BCUT2D eigenvalue weighted by Crippen LogP contribution is 2.58. The van der Waals surface area contributed by atoms with Crippen LogP contribution in [0.3, 0.4) is 0 Å². The largest absolute Gasteiger partial charge is 0.340 e. The molecule has 2 aliphatic carbocycles. The van der Waals surface area contributed by atoms with E-state index >= 15 is 0 Å². The van der Waals surface area contributed by atoms with Gasteiger partial charge in [-0.2, -0.15) is 0 Å². The standard InChI is InChI=1S/C14H17N3O2S/c18-11-10(9-5-20-8-15-9)16-12(19)14(17-11)6-13(7-14)3-1-2-4-13/h5,8,10H,1-4,6-7H2,(H,16,19)(H,17,18). The van der Waals surface area contributed by atoms with E-state index in [4.69, 9.17) is 0 Å². The Balaban J connectivity index is 1.53. The van der Waals surface area contributed by atoms with E-state index in [0.29, 0.717) is 11.1 Å². The first-order valence-corrected chi connectivity index (χ1v) is 8.08. The van der Waals surface area contributed by atoms with E-state index in [9.17, 15) is 9.59 Å². The molecule has 2 spiro atoms. The van der Waals surface area contributed by atoms with Gasteiger partial charge in [0.1, 0.15) is 5.54 Å². The average molecular weight is 291 g/mol. The summed E-state index contributed by atoms with van der Waals surface area (Å²) in [4.78, 5) is 28.9. The van der Waals surface area contributed by atoms with Crippen molar-refractivity contribution in [1.82, 2.24) is 15.6 Å². The zero-order valence-electron chi connectivity index (χ0n) is 11.1. The maximum atomic E-state index is 12.4. The molecule has 3 aliphatic rings. The number of nitrogens with one attached hydrogen (secondary N) is 2. The van der Waals surface area contributed by atoms with Crippen LogP contribution in [-0.2, 0) is 9.59 Å². The highest BCUT2D eigenvalue weighted by molar-refractivity contribution is 7.07. The fourth-order valence-electron chi connectivity index (χ4n) is 4.23. The first-order chi connectivity index (χ1) is 9.63. The summed E-state index contributed by atoms with van der Waals surface area (Å²) < 4.78 is 0. The zero-order chi connectivity index (χ0) is 13.8. The number of thiazole rings is 1. The van der Waals surface area contributed by atoms with Crippen LogP contribution in [0.25, 0.3) is 0 Å². The molecule has 5 nitrogen and oxygen atoms in total. The Morgan fingerprint density at radius 3 is 2.65 bits per heavy atom. The summed E-state index contributed by atoms with van der Waals surface area (Å²) in [5.74, 6) is -0.157. The molecule has 1 aliphatic heterocycles. The van der Waals surface area contributed by atoms with Crippen LogP contribution in [0.5, 0.6) is 0 Å². The van der Waals surface area contributed by atoms with E-state index < -0.39 is 11.6 Å². The van der Waals surface area contributed by atoms with E-state index in [0.717, 1.165) is 12.8 Å². The van der Waals surface area contributed by atoms with Crippen LogP contribution in [-0.4, -0.2) is 22.3 Å². The Bertz CT molecular complexity index is 555. The Morgan fingerprint density at radius 1 is 1.25 bits per heavy atom. The Kier molecular flexibility index (Phi) is 2.49. The van der Waals surface area contributed by atoms with Crippen molar-refractivity contribution in [2.75, 3.05) is 0 Å². The van der Waals surface area contributed by atoms with Crippen molar-refractivity contribution in [3.05, 3.63) is 16.6 Å². The molecule has 2 N–H and O–H groups in total. The maximum Gasteiger partial charge on any atom is 0.249 e. The van der Waals surface area contributed by atoms with Gasteiger partial charge in [0.2, 0.25) is 11.8 Å². The number of hydrogen-bond acceptors (Lipinski definition) is 4. The van der Waals surface area contributed by atoms with Gasteiger partial charge >= 0.3 is 0 Å². The Labute approximate surface area is 121 Å². The van der Waals surface area contributed by atoms with Gasteiger partial charge in [-0.3, -0.25) is 9.59 Å². The third-order valence-electron chi connectivity index (χ3n) is 5.10. The summed E-state index contributed by atoms with van der Waals surface area (Å²) in [5.41, 5.74) is 1.98. The molecule has 2 heterocycles. The molecule has 1 aromatic heterocycles. The molecule has 3 fully saturated rings. The lowest BCUT2D eigenvalue weighted by Gasteiger charge is -2.56. The van der Waals surface area contributed by atoms with Crippen LogP contribution in [0, 0.1) is 5.41 Å². The van der Waals surface area contributed by atoms with Gasteiger partial charge in [0.05, 0.1) is 11.2 Å². The number of carbonyl (C=O) groups excluding carboxylic acids is 2. The van der Waals surface area contributed by atoms with Gasteiger partial charge in [-0.25, -0.2) is 4.98 Å². The third-order valence-corrected chi connectivity index (χ3v) is 5.70. The molecular formula is C14H17N3O2S. The van der Waals surface area contributed by atoms with Gasteiger partial charge in [0, 0.05) is 5.38 Å². The first-order valence-electron chi connectivity index (χ1n) is 7.14. The number of hydrogen-bond donors (Lipinski definition) is 2. The summed E-state index contributed by atoms with van der Waals surface area (Å²) in [6.45, 7) is 0. The first kappa shape index (κ1) is 12.3. The third kappa shape index (κ3) is 1.63. The predicted octanol–water partition coefficient (Wildman–Crippen LogP) is 1.52. The maximum absolute atomic E-state index is 12.4. The smallest absolute Gasteiger partial charge is 0.249 e. The van der Waals surface area contributed by atoms with Crippen molar-refractivity contribution in [3.63, 3.8) is 0 Å². The number of amides is 2. The fraction of sp³-hybridized carbons (Fsp3) is 0.643. The van der Waals surface area contributed by atoms with Crippen molar-refractivity contribution in [1.29, 1.82) is 0 Å². The Hall–Kier alpha value is -1.43. The normalized spacial score (nSPS) is 30.1. The molecule has 0 aromatic carbocycles. The zero-order valence-corrected chi connectivity index (χ0v) is 12.0. The summed E-state index contributed by atoms with van der Waals surface area (Å²) in [5, 5.41) is 7.65. The van der Waals surface area contributed by atoms with Gasteiger partial charge in [0.25, 0.3) is 0 Å².